The third-order valence-corrected chi connectivity index (χ3v) is 4.54. The summed E-state index contributed by atoms with van der Waals surface area (Å²) in [5, 5.41) is 8.05. The van der Waals surface area contributed by atoms with Crippen molar-refractivity contribution >= 4 is 17.8 Å². The van der Waals surface area contributed by atoms with Crippen LogP contribution in [0.15, 0.2) is 0 Å². The monoisotopic (exact) mass is 340 g/mol. The fourth-order valence-corrected chi connectivity index (χ4v) is 3.14. The van der Waals surface area contributed by atoms with Gasteiger partial charge in [-0.2, -0.15) is 0 Å². The Morgan fingerprint density at radius 3 is 2.17 bits per heavy atom. The highest BCUT2D eigenvalue weighted by Gasteiger charge is 2.41. The summed E-state index contributed by atoms with van der Waals surface area (Å²) in [7, 11) is 0. The molecule has 0 heterocycles. The molecule has 0 spiro atoms. The lowest BCUT2D eigenvalue weighted by atomic mass is 9.80. The number of imide groups is 1. The largest absolute Gasteiger partial charge is 0.342 e. The van der Waals surface area contributed by atoms with Crippen molar-refractivity contribution in [2.24, 2.45) is 0 Å². The Kier molecular flexibility index (Phi) is 8.74. The van der Waals surface area contributed by atoms with Crippen LogP contribution in [-0.4, -0.2) is 54.5 Å². The zero-order chi connectivity index (χ0) is 18.0. The van der Waals surface area contributed by atoms with Gasteiger partial charge < -0.3 is 10.2 Å². The number of amides is 4. The molecule has 3 N–H and O–H groups in total. The van der Waals surface area contributed by atoms with E-state index in [0.29, 0.717) is 19.6 Å². The van der Waals surface area contributed by atoms with E-state index in [4.69, 9.17) is 0 Å². The maximum Gasteiger partial charge on any atom is 0.321 e. The Balaban J connectivity index is 2.64. The molecule has 0 aliphatic heterocycles. The van der Waals surface area contributed by atoms with E-state index in [2.05, 4.69) is 16.0 Å². The van der Waals surface area contributed by atoms with Gasteiger partial charge in [0.15, 0.2) is 0 Å². The number of carbonyl (C=O) groups is 3. The predicted molar refractivity (Wildman–Crippen MR) is 93.6 cm³/mol. The molecule has 0 unspecified atom stereocenters. The van der Waals surface area contributed by atoms with E-state index in [0.717, 1.165) is 38.5 Å². The molecule has 138 valence electrons. The molecule has 1 fully saturated rings. The average Bonchev–Trinajstić information content (AvgIpc) is 2.60. The van der Waals surface area contributed by atoms with E-state index in [1.54, 1.807) is 0 Å². The number of likely N-dealkylation sites (N-methyl/N-ethyl adjacent to an activating group) is 1. The second kappa shape index (κ2) is 10.3. The highest BCUT2D eigenvalue weighted by molar-refractivity contribution is 5.95. The van der Waals surface area contributed by atoms with Crippen molar-refractivity contribution in [3.63, 3.8) is 0 Å². The lowest BCUT2D eigenvalue weighted by molar-refractivity contribution is -0.139. The van der Waals surface area contributed by atoms with Crippen LogP contribution >= 0.6 is 0 Å². The molecule has 0 aromatic heterocycles. The molecule has 24 heavy (non-hydrogen) atoms. The topological polar surface area (TPSA) is 90.5 Å². The van der Waals surface area contributed by atoms with Crippen LogP contribution in [0.1, 0.15) is 59.3 Å². The predicted octanol–water partition coefficient (Wildman–Crippen LogP) is 1.38. The summed E-state index contributed by atoms with van der Waals surface area (Å²) < 4.78 is 0. The number of carbonyl (C=O) groups excluding carboxylic acids is 3. The van der Waals surface area contributed by atoms with Crippen molar-refractivity contribution in [3.8, 4) is 0 Å². The van der Waals surface area contributed by atoms with Gasteiger partial charge in [0.25, 0.3) is 0 Å². The van der Waals surface area contributed by atoms with Gasteiger partial charge in [-0.1, -0.05) is 26.2 Å². The Labute approximate surface area is 144 Å². The lowest BCUT2D eigenvalue weighted by Gasteiger charge is -2.40. The number of rotatable bonds is 8. The van der Waals surface area contributed by atoms with Crippen molar-refractivity contribution in [3.05, 3.63) is 0 Å². The van der Waals surface area contributed by atoms with Crippen LogP contribution in [0.2, 0.25) is 0 Å². The standard InChI is InChI=1S/C17H32N4O3/c1-4-12-18-16(24)20-14(22)13-19-17(10-8-7-9-11-17)15(23)21(5-2)6-3/h19H,4-13H2,1-3H3,(H2,18,20,22,24). The zero-order valence-electron chi connectivity index (χ0n) is 15.2. The first kappa shape index (κ1) is 20.4. The summed E-state index contributed by atoms with van der Waals surface area (Å²) in [5.74, 6) is -0.351. The Bertz CT molecular complexity index is 430. The molecule has 0 radical (unpaired) electrons. The maximum absolute atomic E-state index is 12.9. The smallest absolute Gasteiger partial charge is 0.321 e. The van der Waals surface area contributed by atoms with E-state index in [1.807, 2.05) is 25.7 Å². The summed E-state index contributed by atoms with van der Waals surface area (Å²) >= 11 is 0. The summed E-state index contributed by atoms with van der Waals surface area (Å²) in [4.78, 5) is 38.2. The second-order valence-corrected chi connectivity index (χ2v) is 6.28. The minimum atomic E-state index is -0.679. The van der Waals surface area contributed by atoms with Crippen LogP contribution in [-0.2, 0) is 9.59 Å². The number of nitrogens with zero attached hydrogens (tertiary/aromatic N) is 1. The average molecular weight is 340 g/mol. The highest BCUT2D eigenvalue weighted by atomic mass is 16.2. The normalized spacial score (nSPS) is 16.3. The van der Waals surface area contributed by atoms with E-state index in [9.17, 15) is 14.4 Å². The Morgan fingerprint density at radius 2 is 1.62 bits per heavy atom. The van der Waals surface area contributed by atoms with Gasteiger partial charge >= 0.3 is 6.03 Å². The lowest BCUT2D eigenvalue weighted by Crippen LogP contribution is -2.60. The van der Waals surface area contributed by atoms with Crippen molar-refractivity contribution in [2.75, 3.05) is 26.2 Å². The third kappa shape index (κ3) is 5.78. The first-order chi connectivity index (χ1) is 11.5. The number of hydrogen-bond acceptors (Lipinski definition) is 4. The molecule has 4 amide bonds. The molecule has 1 aliphatic rings. The minimum Gasteiger partial charge on any atom is -0.342 e. The van der Waals surface area contributed by atoms with Gasteiger partial charge in [0.05, 0.1) is 12.1 Å². The van der Waals surface area contributed by atoms with Gasteiger partial charge in [-0.3, -0.25) is 20.2 Å². The summed E-state index contributed by atoms with van der Waals surface area (Å²) in [6, 6.07) is -0.489. The van der Waals surface area contributed by atoms with Gasteiger partial charge in [-0.15, -0.1) is 0 Å². The van der Waals surface area contributed by atoms with E-state index < -0.39 is 17.5 Å². The van der Waals surface area contributed by atoms with Gasteiger partial charge in [0.1, 0.15) is 0 Å². The van der Waals surface area contributed by atoms with Crippen molar-refractivity contribution < 1.29 is 14.4 Å². The highest BCUT2D eigenvalue weighted by Crippen LogP contribution is 2.30. The molecule has 0 aromatic carbocycles. The molecule has 1 rings (SSSR count). The first-order valence-electron chi connectivity index (χ1n) is 9.11. The van der Waals surface area contributed by atoms with Crippen LogP contribution in [0.3, 0.4) is 0 Å². The fourth-order valence-electron chi connectivity index (χ4n) is 3.14. The quantitative estimate of drug-likeness (QED) is 0.623. The Hall–Kier alpha value is -1.63. The van der Waals surface area contributed by atoms with Crippen LogP contribution in [0.25, 0.3) is 0 Å². The molecular formula is C17H32N4O3. The summed E-state index contributed by atoms with van der Waals surface area (Å²) in [6.07, 6.45) is 5.33. The maximum atomic E-state index is 12.9. The summed E-state index contributed by atoms with van der Waals surface area (Å²) in [6.45, 7) is 7.67. The SMILES string of the molecule is CCCNC(=O)NC(=O)CNC1(C(=O)N(CC)CC)CCCCC1. The van der Waals surface area contributed by atoms with Crippen LogP contribution in [0.5, 0.6) is 0 Å². The minimum absolute atomic E-state index is 0.0352. The van der Waals surface area contributed by atoms with E-state index >= 15 is 0 Å². The molecule has 0 bridgehead atoms. The number of urea groups is 1. The fraction of sp³-hybridized carbons (Fsp3) is 0.824. The van der Waals surface area contributed by atoms with E-state index in [1.165, 1.54) is 0 Å². The molecule has 1 aliphatic carbocycles. The van der Waals surface area contributed by atoms with E-state index in [-0.39, 0.29) is 12.5 Å². The molecule has 0 aromatic rings. The van der Waals surface area contributed by atoms with Crippen molar-refractivity contribution in [1.29, 1.82) is 0 Å². The van der Waals surface area contributed by atoms with Gasteiger partial charge in [0.2, 0.25) is 11.8 Å². The van der Waals surface area contributed by atoms with Crippen LogP contribution in [0, 0.1) is 0 Å². The van der Waals surface area contributed by atoms with Crippen LogP contribution in [0.4, 0.5) is 4.79 Å². The van der Waals surface area contributed by atoms with Crippen molar-refractivity contribution in [1.82, 2.24) is 20.9 Å². The molecule has 0 atom stereocenters. The number of nitrogens with one attached hydrogen (secondary N) is 3. The molecule has 7 heteroatoms. The molecular weight excluding hydrogens is 308 g/mol. The molecule has 1 saturated carbocycles. The Morgan fingerprint density at radius 1 is 1.00 bits per heavy atom. The zero-order valence-corrected chi connectivity index (χ0v) is 15.2. The molecule has 0 saturated heterocycles. The van der Waals surface area contributed by atoms with Gasteiger partial charge in [-0.05, 0) is 33.1 Å². The second-order valence-electron chi connectivity index (χ2n) is 6.28. The number of hydrogen-bond donors (Lipinski definition) is 3. The van der Waals surface area contributed by atoms with Gasteiger partial charge in [0, 0.05) is 19.6 Å². The first-order valence-corrected chi connectivity index (χ1v) is 9.11. The molecule has 7 nitrogen and oxygen atoms in total. The van der Waals surface area contributed by atoms with Crippen LogP contribution < -0.4 is 16.0 Å². The third-order valence-electron chi connectivity index (χ3n) is 4.54. The van der Waals surface area contributed by atoms with Crippen molar-refractivity contribution in [2.45, 2.75) is 64.8 Å². The van der Waals surface area contributed by atoms with Gasteiger partial charge in [-0.25, -0.2) is 4.79 Å². The summed E-state index contributed by atoms with van der Waals surface area (Å²) in [5.41, 5.74) is -0.679.